The van der Waals surface area contributed by atoms with Crippen LogP contribution in [-0.2, 0) is 0 Å². The predicted molar refractivity (Wildman–Crippen MR) is 89.7 cm³/mol. The molecule has 1 aliphatic carbocycles. The lowest BCUT2D eigenvalue weighted by atomic mass is 9.95. The third-order valence-corrected chi connectivity index (χ3v) is 5.23. The maximum absolute atomic E-state index is 6.20. The second-order valence-corrected chi connectivity index (χ2v) is 6.85. The lowest BCUT2D eigenvalue weighted by molar-refractivity contribution is 0.431. The Hall–Kier alpha value is -0.800. The quantitative estimate of drug-likeness (QED) is 0.851. The van der Waals surface area contributed by atoms with Gasteiger partial charge in [0.25, 0.3) is 0 Å². The van der Waals surface area contributed by atoms with Crippen LogP contribution < -0.4 is 10.6 Å². The van der Waals surface area contributed by atoms with Crippen molar-refractivity contribution >= 4 is 34.5 Å². The summed E-state index contributed by atoms with van der Waals surface area (Å²) in [6.07, 6.45) is 8.03. The van der Waals surface area contributed by atoms with Crippen LogP contribution in [0.5, 0.6) is 0 Å². The van der Waals surface area contributed by atoms with Gasteiger partial charge in [0.05, 0.1) is 0 Å². The molecule has 0 bridgehead atoms. The van der Waals surface area contributed by atoms with Gasteiger partial charge in [-0.25, -0.2) is 0 Å². The average molecular weight is 309 g/mol. The van der Waals surface area contributed by atoms with E-state index in [9.17, 15) is 0 Å². The summed E-state index contributed by atoms with van der Waals surface area (Å²) in [5, 5.41) is 0.761. The molecule has 0 amide bonds. The largest absolute Gasteiger partial charge is 0.389 e. The first kappa shape index (κ1) is 14.2. The van der Waals surface area contributed by atoms with Crippen molar-refractivity contribution in [1.82, 2.24) is 0 Å². The molecule has 1 saturated carbocycles. The second kappa shape index (κ2) is 5.90. The number of rotatable bonds is 3. The van der Waals surface area contributed by atoms with E-state index < -0.39 is 0 Å². The number of anilines is 1. The normalized spacial score (nSPS) is 23.4. The lowest BCUT2D eigenvalue weighted by Crippen LogP contribution is -2.36. The highest BCUT2D eigenvalue weighted by Gasteiger charge is 2.34. The monoisotopic (exact) mass is 308 g/mol. The fourth-order valence-corrected chi connectivity index (χ4v) is 4.21. The zero-order valence-corrected chi connectivity index (χ0v) is 13.2. The first-order chi connectivity index (χ1) is 9.66. The van der Waals surface area contributed by atoms with E-state index in [1.807, 2.05) is 18.2 Å². The van der Waals surface area contributed by atoms with E-state index in [4.69, 9.17) is 29.6 Å². The maximum Gasteiger partial charge on any atom is 0.106 e. The van der Waals surface area contributed by atoms with E-state index in [1.54, 1.807) is 0 Å². The minimum Gasteiger partial charge on any atom is -0.389 e. The average Bonchev–Trinajstić information content (AvgIpc) is 3.09. The molecule has 2 aliphatic rings. The summed E-state index contributed by atoms with van der Waals surface area (Å²) < 4.78 is 0. The van der Waals surface area contributed by atoms with E-state index in [0.717, 1.165) is 28.7 Å². The number of thiocarbonyl (C=S) groups is 1. The molecule has 1 aromatic carbocycles. The molecule has 1 saturated heterocycles. The highest BCUT2D eigenvalue weighted by molar-refractivity contribution is 7.80. The summed E-state index contributed by atoms with van der Waals surface area (Å²) in [6.45, 7) is 1.09. The Bertz CT molecular complexity index is 511. The number of hydrogen-bond acceptors (Lipinski definition) is 2. The molecule has 2 N–H and O–H groups in total. The van der Waals surface area contributed by atoms with Gasteiger partial charge in [-0.15, -0.1) is 0 Å². The summed E-state index contributed by atoms with van der Waals surface area (Å²) >= 11 is 11.4. The van der Waals surface area contributed by atoms with Gasteiger partial charge in [0.1, 0.15) is 4.99 Å². The van der Waals surface area contributed by atoms with Crippen LogP contribution in [0.2, 0.25) is 5.02 Å². The Morgan fingerprint density at radius 3 is 2.65 bits per heavy atom. The summed E-state index contributed by atoms with van der Waals surface area (Å²) in [6, 6.07) is 6.51. The number of halogens is 1. The summed E-state index contributed by atoms with van der Waals surface area (Å²) in [5.74, 6) is 0.829. The number of hydrogen-bond donors (Lipinski definition) is 1. The van der Waals surface area contributed by atoms with Gasteiger partial charge in [-0.3, -0.25) is 0 Å². The fourth-order valence-electron chi connectivity index (χ4n) is 3.87. The lowest BCUT2D eigenvalue weighted by Gasteiger charge is -2.32. The Morgan fingerprint density at radius 1 is 1.20 bits per heavy atom. The highest BCUT2D eigenvalue weighted by Crippen LogP contribution is 2.39. The van der Waals surface area contributed by atoms with E-state index in [-0.39, 0.29) is 0 Å². The molecule has 0 aromatic heterocycles. The topological polar surface area (TPSA) is 29.3 Å². The van der Waals surface area contributed by atoms with E-state index in [0.29, 0.717) is 11.0 Å². The first-order valence-electron chi connectivity index (χ1n) is 7.53. The van der Waals surface area contributed by atoms with E-state index in [1.165, 1.54) is 38.5 Å². The van der Waals surface area contributed by atoms with Crippen LogP contribution in [-0.4, -0.2) is 17.6 Å². The van der Waals surface area contributed by atoms with E-state index >= 15 is 0 Å². The molecular weight excluding hydrogens is 288 g/mol. The minimum atomic E-state index is 0.466. The van der Waals surface area contributed by atoms with Crippen molar-refractivity contribution < 1.29 is 0 Å². The Kier molecular flexibility index (Phi) is 4.18. The predicted octanol–water partition coefficient (Wildman–Crippen LogP) is 4.13. The van der Waals surface area contributed by atoms with Gasteiger partial charge in [0.15, 0.2) is 0 Å². The Labute approximate surface area is 131 Å². The molecule has 108 valence electrons. The zero-order chi connectivity index (χ0) is 14.1. The van der Waals surface area contributed by atoms with Gasteiger partial charge < -0.3 is 10.6 Å². The van der Waals surface area contributed by atoms with Crippen LogP contribution in [0.1, 0.15) is 44.1 Å². The van der Waals surface area contributed by atoms with Crippen molar-refractivity contribution in [3.05, 3.63) is 28.8 Å². The van der Waals surface area contributed by atoms with Crippen LogP contribution in [0.4, 0.5) is 5.69 Å². The van der Waals surface area contributed by atoms with Crippen LogP contribution in [0, 0.1) is 5.92 Å². The smallest absolute Gasteiger partial charge is 0.106 e. The number of nitrogens with zero attached hydrogens (tertiary/aromatic N) is 1. The molecule has 2 nitrogen and oxygen atoms in total. The standard InChI is InChI=1S/C16H21ClN2S/c17-12-7-8-13(16(18)20)15(10-12)19-9-3-6-14(19)11-4-1-2-5-11/h7-8,10-11,14H,1-6,9H2,(H2,18,20). The molecule has 2 fully saturated rings. The second-order valence-electron chi connectivity index (χ2n) is 5.97. The summed E-state index contributed by atoms with van der Waals surface area (Å²) in [7, 11) is 0. The fraction of sp³-hybridized carbons (Fsp3) is 0.562. The Balaban J connectivity index is 1.94. The van der Waals surface area contributed by atoms with Crippen molar-refractivity contribution in [3.8, 4) is 0 Å². The maximum atomic E-state index is 6.20. The molecule has 1 aliphatic heterocycles. The van der Waals surface area contributed by atoms with Gasteiger partial charge in [-0.05, 0) is 49.8 Å². The Morgan fingerprint density at radius 2 is 1.95 bits per heavy atom. The molecule has 3 rings (SSSR count). The molecule has 0 spiro atoms. The highest BCUT2D eigenvalue weighted by atomic mass is 35.5. The third kappa shape index (κ3) is 2.66. The van der Waals surface area contributed by atoms with Crippen LogP contribution >= 0.6 is 23.8 Å². The molecule has 1 atom stereocenters. The van der Waals surface area contributed by atoms with Gasteiger partial charge in [0.2, 0.25) is 0 Å². The number of nitrogens with two attached hydrogens (primary N) is 1. The molecule has 1 heterocycles. The van der Waals surface area contributed by atoms with Gasteiger partial charge >= 0.3 is 0 Å². The van der Waals surface area contributed by atoms with Crippen molar-refractivity contribution in [2.75, 3.05) is 11.4 Å². The number of benzene rings is 1. The zero-order valence-electron chi connectivity index (χ0n) is 11.6. The van der Waals surface area contributed by atoms with Crippen LogP contribution in [0.25, 0.3) is 0 Å². The van der Waals surface area contributed by atoms with Crippen LogP contribution in [0.15, 0.2) is 18.2 Å². The molecular formula is C16H21ClN2S. The first-order valence-corrected chi connectivity index (χ1v) is 8.31. The van der Waals surface area contributed by atoms with Crippen molar-refractivity contribution in [2.45, 2.75) is 44.6 Å². The van der Waals surface area contributed by atoms with Gasteiger partial charge in [0, 0.05) is 28.9 Å². The summed E-state index contributed by atoms with van der Waals surface area (Å²) in [5.41, 5.74) is 8.00. The molecule has 0 radical (unpaired) electrons. The molecule has 20 heavy (non-hydrogen) atoms. The van der Waals surface area contributed by atoms with Crippen molar-refractivity contribution in [3.63, 3.8) is 0 Å². The van der Waals surface area contributed by atoms with Gasteiger partial charge in [-0.1, -0.05) is 36.7 Å². The third-order valence-electron chi connectivity index (χ3n) is 4.78. The molecule has 1 unspecified atom stereocenters. The van der Waals surface area contributed by atoms with Gasteiger partial charge in [-0.2, -0.15) is 0 Å². The molecule has 4 heteroatoms. The SMILES string of the molecule is NC(=S)c1ccc(Cl)cc1N1CCCC1C1CCCC1. The molecule has 1 aromatic rings. The van der Waals surface area contributed by atoms with Crippen molar-refractivity contribution in [1.29, 1.82) is 0 Å². The van der Waals surface area contributed by atoms with Crippen LogP contribution in [0.3, 0.4) is 0 Å². The van der Waals surface area contributed by atoms with Crippen molar-refractivity contribution in [2.24, 2.45) is 11.7 Å². The van der Waals surface area contributed by atoms with E-state index in [2.05, 4.69) is 4.90 Å². The minimum absolute atomic E-state index is 0.466. The summed E-state index contributed by atoms with van der Waals surface area (Å²) in [4.78, 5) is 2.98.